The summed E-state index contributed by atoms with van der Waals surface area (Å²) in [5, 5.41) is 11.2. The Bertz CT molecular complexity index is 1130. The highest BCUT2D eigenvalue weighted by Gasteiger charge is 2.41. The van der Waals surface area contributed by atoms with E-state index in [2.05, 4.69) is 54.8 Å². The maximum Gasteiger partial charge on any atom is 0.225 e. The fourth-order valence-electron chi connectivity index (χ4n) is 5.91. The van der Waals surface area contributed by atoms with E-state index in [-0.39, 0.29) is 17.1 Å². The third-order valence-electron chi connectivity index (χ3n) is 9.07. The van der Waals surface area contributed by atoms with Crippen LogP contribution in [-0.4, -0.2) is 67.7 Å². The van der Waals surface area contributed by atoms with Crippen molar-refractivity contribution in [3.05, 3.63) is 16.8 Å². The van der Waals surface area contributed by atoms with Gasteiger partial charge in [0, 0.05) is 24.0 Å². The molecule has 0 bridgehead atoms. The largest absolute Gasteiger partial charge is 0.474 e. The summed E-state index contributed by atoms with van der Waals surface area (Å²) in [6.07, 6.45) is 8.70. The highest BCUT2D eigenvalue weighted by Crippen LogP contribution is 2.48. The minimum Gasteiger partial charge on any atom is -0.474 e. The quantitative estimate of drug-likeness (QED) is 0.394. The van der Waals surface area contributed by atoms with Crippen molar-refractivity contribution in [2.45, 2.75) is 108 Å². The van der Waals surface area contributed by atoms with Crippen molar-refractivity contribution < 1.29 is 13.9 Å². The van der Waals surface area contributed by atoms with Crippen molar-refractivity contribution in [2.75, 3.05) is 26.3 Å². The van der Waals surface area contributed by atoms with Crippen molar-refractivity contribution in [1.29, 1.82) is 5.26 Å². The summed E-state index contributed by atoms with van der Waals surface area (Å²) in [5.41, 5.74) is 1.32. The number of thiophene rings is 1. The van der Waals surface area contributed by atoms with Crippen LogP contribution < -0.4 is 4.74 Å². The molecule has 2 aliphatic carbocycles. The van der Waals surface area contributed by atoms with Gasteiger partial charge in [-0.1, -0.05) is 20.8 Å². The van der Waals surface area contributed by atoms with Crippen LogP contribution in [0.25, 0.3) is 10.2 Å². The normalized spacial score (nSPS) is 26.1. The molecule has 0 aromatic carbocycles. The first-order valence-electron chi connectivity index (χ1n) is 14.0. The smallest absolute Gasteiger partial charge is 0.225 e. The molecular formula is C28H42N4O3SSi. The summed E-state index contributed by atoms with van der Waals surface area (Å²) in [5.74, 6) is 1.02. The molecule has 2 aromatic rings. The number of hydrogen-bond acceptors (Lipinski definition) is 8. The number of hydrogen-bond donors (Lipinski definition) is 0. The lowest BCUT2D eigenvalue weighted by Crippen LogP contribution is -2.46. The van der Waals surface area contributed by atoms with Crippen LogP contribution in [0.2, 0.25) is 18.1 Å². The first-order chi connectivity index (χ1) is 17.7. The van der Waals surface area contributed by atoms with Crippen LogP contribution in [-0.2, 0) is 15.6 Å². The number of rotatable bonds is 7. The van der Waals surface area contributed by atoms with Crippen LogP contribution in [0.1, 0.15) is 75.7 Å². The fraction of sp³-hybridized carbons (Fsp3) is 0.750. The van der Waals surface area contributed by atoms with E-state index in [9.17, 15) is 5.26 Å². The van der Waals surface area contributed by atoms with Gasteiger partial charge in [-0.25, -0.2) is 9.97 Å². The lowest BCUT2D eigenvalue weighted by molar-refractivity contribution is -0.00126. The van der Waals surface area contributed by atoms with Crippen LogP contribution in [0.4, 0.5) is 0 Å². The Morgan fingerprint density at radius 1 is 1.16 bits per heavy atom. The van der Waals surface area contributed by atoms with Gasteiger partial charge in [0.05, 0.1) is 24.7 Å². The predicted molar refractivity (Wildman–Crippen MR) is 150 cm³/mol. The van der Waals surface area contributed by atoms with Crippen LogP contribution in [0, 0.1) is 11.3 Å². The molecule has 2 fully saturated rings. The average molecular weight is 543 g/mol. The molecule has 5 rings (SSSR count). The Balaban J connectivity index is 1.30. The SMILES string of the molecule is CC(C)(C)[Si](C)(C)OC(C#N)C[C@H]1CCc2sc3ncnc(OC4CCC(N5CCOCC5)CC4)c3c21. The maximum atomic E-state index is 10.0. The second-order valence-corrected chi connectivity index (χ2v) is 18.3. The van der Waals surface area contributed by atoms with E-state index in [1.807, 2.05) is 0 Å². The van der Waals surface area contributed by atoms with E-state index >= 15 is 0 Å². The minimum absolute atomic E-state index is 0.0770. The summed E-state index contributed by atoms with van der Waals surface area (Å²) < 4.78 is 18.7. The number of nitriles is 1. The number of morpholine rings is 1. The van der Waals surface area contributed by atoms with Gasteiger partial charge in [-0.15, -0.1) is 11.3 Å². The Hall–Kier alpha value is -1.57. The first-order valence-corrected chi connectivity index (χ1v) is 17.7. The number of nitrogens with zero attached hydrogens (tertiary/aromatic N) is 4. The van der Waals surface area contributed by atoms with Gasteiger partial charge in [-0.2, -0.15) is 5.26 Å². The Kier molecular flexibility index (Phi) is 7.95. The second kappa shape index (κ2) is 10.9. The summed E-state index contributed by atoms with van der Waals surface area (Å²) >= 11 is 1.77. The third kappa shape index (κ3) is 5.74. The van der Waals surface area contributed by atoms with Crippen LogP contribution >= 0.6 is 11.3 Å². The third-order valence-corrected chi connectivity index (χ3v) is 14.7. The van der Waals surface area contributed by atoms with E-state index in [1.54, 1.807) is 17.7 Å². The van der Waals surface area contributed by atoms with Crippen LogP contribution in [0.15, 0.2) is 6.33 Å². The minimum atomic E-state index is -2.03. The molecule has 2 atom stereocenters. The molecule has 7 nitrogen and oxygen atoms in total. The Morgan fingerprint density at radius 2 is 1.89 bits per heavy atom. The lowest BCUT2D eigenvalue weighted by atomic mass is 9.91. The molecule has 202 valence electrons. The van der Waals surface area contributed by atoms with Crippen molar-refractivity contribution in [2.24, 2.45) is 0 Å². The molecule has 9 heteroatoms. The molecule has 1 saturated carbocycles. The number of aryl methyl sites for hydroxylation is 1. The molecule has 3 heterocycles. The van der Waals surface area contributed by atoms with Gasteiger partial charge in [-0.05, 0) is 74.6 Å². The molecule has 1 aliphatic heterocycles. The van der Waals surface area contributed by atoms with Gasteiger partial charge >= 0.3 is 0 Å². The van der Waals surface area contributed by atoms with Crippen molar-refractivity contribution in [1.82, 2.24) is 14.9 Å². The molecule has 2 aromatic heterocycles. The highest BCUT2D eigenvalue weighted by molar-refractivity contribution is 7.19. The molecule has 1 unspecified atom stereocenters. The number of ether oxygens (including phenoxy) is 2. The van der Waals surface area contributed by atoms with E-state index in [1.165, 1.54) is 10.4 Å². The van der Waals surface area contributed by atoms with Gasteiger partial charge in [0.2, 0.25) is 5.88 Å². The van der Waals surface area contributed by atoms with Gasteiger partial charge in [-0.3, -0.25) is 4.90 Å². The number of aromatic nitrogens is 2. The van der Waals surface area contributed by atoms with Crippen LogP contribution in [0.5, 0.6) is 5.88 Å². The Morgan fingerprint density at radius 3 is 2.57 bits per heavy atom. The molecule has 0 N–H and O–H groups in total. The van der Waals surface area contributed by atoms with Gasteiger partial charge in [0.25, 0.3) is 0 Å². The zero-order valence-corrected chi connectivity index (χ0v) is 24.9. The van der Waals surface area contributed by atoms with Gasteiger partial charge in [0.15, 0.2) is 8.32 Å². The molecular weight excluding hydrogens is 500 g/mol. The molecule has 3 aliphatic rings. The summed E-state index contributed by atoms with van der Waals surface area (Å²) in [6.45, 7) is 14.9. The summed E-state index contributed by atoms with van der Waals surface area (Å²) in [4.78, 5) is 14.2. The van der Waals surface area contributed by atoms with Crippen molar-refractivity contribution in [3.63, 3.8) is 0 Å². The van der Waals surface area contributed by atoms with E-state index in [4.69, 9.17) is 13.9 Å². The maximum absolute atomic E-state index is 10.0. The lowest BCUT2D eigenvalue weighted by Gasteiger charge is -2.38. The van der Waals surface area contributed by atoms with Crippen molar-refractivity contribution >= 4 is 29.9 Å². The van der Waals surface area contributed by atoms with Gasteiger partial charge < -0.3 is 13.9 Å². The molecule has 1 saturated heterocycles. The molecule has 37 heavy (non-hydrogen) atoms. The molecule has 0 spiro atoms. The summed E-state index contributed by atoms with van der Waals surface area (Å²) in [7, 11) is -2.03. The molecule has 0 radical (unpaired) electrons. The average Bonchev–Trinajstić information content (AvgIpc) is 3.44. The predicted octanol–water partition coefficient (Wildman–Crippen LogP) is 6.05. The summed E-state index contributed by atoms with van der Waals surface area (Å²) in [6, 6.07) is 3.13. The zero-order valence-electron chi connectivity index (χ0n) is 23.1. The molecule has 0 amide bonds. The zero-order chi connectivity index (χ0) is 26.2. The number of fused-ring (bicyclic) bond motifs is 3. The standard InChI is InChI=1S/C28H42N4O3SSi/c1-28(2,3)37(4,5)35-22(17-29)16-19-6-11-23-24(19)25-26(30-18-31-27(25)36-23)34-21-9-7-20(8-10-21)32-12-14-33-15-13-32/h18-22H,6-16H2,1-5H3/t19-,20?,21?,22?/m1/s1. The topological polar surface area (TPSA) is 80.5 Å². The first kappa shape index (κ1) is 27.0. The van der Waals surface area contributed by atoms with Gasteiger partial charge in [0.1, 0.15) is 23.4 Å². The van der Waals surface area contributed by atoms with E-state index < -0.39 is 14.4 Å². The van der Waals surface area contributed by atoms with Crippen LogP contribution in [0.3, 0.4) is 0 Å². The Labute approximate surface area is 226 Å². The van der Waals surface area contributed by atoms with E-state index in [0.717, 1.165) is 87.3 Å². The van der Waals surface area contributed by atoms with Crippen molar-refractivity contribution in [3.8, 4) is 11.9 Å². The van der Waals surface area contributed by atoms with E-state index in [0.29, 0.717) is 6.04 Å². The highest BCUT2D eigenvalue weighted by atomic mass is 32.1. The fourth-order valence-corrected chi connectivity index (χ4v) is 8.36. The second-order valence-electron chi connectivity index (χ2n) is 12.5. The monoisotopic (exact) mass is 542 g/mol.